The number of piperazine rings is 1. The van der Waals surface area contributed by atoms with Crippen LogP contribution in [0.2, 0.25) is 0 Å². The predicted octanol–water partition coefficient (Wildman–Crippen LogP) is 1.72. The minimum atomic E-state index is -4.56. The van der Waals surface area contributed by atoms with Gasteiger partial charge in [-0.05, 0) is 18.2 Å². The molecule has 0 saturated carbocycles. The van der Waals surface area contributed by atoms with Gasteiger partial charge < -0.3 is 10.0 Å². The number of benzene rings is 1. The van der Waals surface area contributed by atoms with Crippen molar-refractivity contribution in [1.82, 2.24) is 19.6 Å². The van der Waals surface area contributed by atoms with Crippen LogP contribution < -0.4 is 0 Å². The first kappa shape index (κ1) is 19.4. The molecule has 1 aliphatic heterocycles. The maximum absolute atomic E-state index is 13.1. The molecule has 146 valence electrons. The van der Waals surface area contributed by atoms with Gasteiger partial charge in [0.1, 0.15) is 0 Å². The van der Waals surface area contributed by atoms with E-state index in [1.807, 2.05) is 4.90 Å². The molecule has 1 saturated heterocycles. The average Bonchev–Trinajstić information content (AvgIpc) is 3.14. The van der Waals surface area contributed by atoms with Crippen LogP contribution in [-0.4, -0.2) is 69.4 Å². The number of aromatic nitrogens is 2. The molecule has 0 unspecified atom stereocenters. The molecule has 27 heavy (non-hydrogen) atoms. The van der Waals surface area contributed by atoms with E-state index in [1.54, 1.807) is 23.1 Å². The molecule has 2 aromatic rings. The Balaban J connectivity index is 1.55. The lowest BCUT2D eigenvalue weighted by atomic mass is 10.1. The lowest BCUT2D eigenvalue weighted by molar-refractivity contribution is -0.138. The molecule has 0 aliphatic carbocycles. The third kappa shape index (κ3) is 4.86. The zero-order valence-corrected chi connectivity index (χ0v) is 14.6. The number of carbonyl (C=O) groups is 1. The summed E-state index contributed by atoms with van der Waals surface area (Å²) in [6, 6.07) is 6.62. The first-order valence-electron chi connectivity index (χ1n) is 8.68. The second-order valence-corrected chi connectivity index (χ2v) is 6.52. The van der Waals surface area contributed by atoms with Crippen LogP contribution in [0.1, 0.15) is 15.9 Å². The van der Waals surface area contributed by atoms with Crippen LogP contribution in [0.3, 0.4) is 0 Å². The molecule has 6 nitrogen and oxygen atoms in total. The van der Waals surface area contributed by atoms with Crippen molar-refractivity contribution in [3.63, 3.8) is 0 Å². The molecule has 1 aromatic carbocycles. The van der Waals surface area contributed by atoms with Gasteiger partial charge in [0, 0.05) is 45.1 Å². The summed E-state index contributed by atoms with van der Waals surface area (Å²) in [6.07, 6.45) is -1.78. The first-order valence-corrected chi connectivity index (χ1v) is 8.68. The van der Waals surface area contributed by atoms with Gasteiger partial charge in [-0.1, -0.05) is 12.1 Å². The zero-order chi connectivity index (χ0) is 19.4. The molecule has 0 spiro atoms. The topological polar surface area (TPSA) is 61.6 Å². The van der Waals surface area contributed by atoms with E-state index in [9.17, 15) is 23.1 Å². The molecule has 0 bridgehead atoms. The second-order valence-electron chi connectivity index (χ2n) is 6.52. The van der Waals surface area contributed by atoms with E-state index in [2.05, 4.69) is 5.10 Å². The van der Waals surface area contributed by atoms with Gasteiger partial charge in [0.05, 0.1) is 23.8 Å². The summed E-state index contributed by atoms with van der Waals surface area (Å²) in [6.45, 7) is 2.41. The van der Waals surface area contributed by atoms with Crippen molar-refractivity contribution in [1.29, 1.82) is 0 Å². The average molecular weight is 382 g/mol. The Kier molecular flexibility index (Phi) is 5.81. The maximum Gasteiger partial charge on any atom is 0.417 e. The van der Waals surface area contributed by atoms with E-state index in [0.29, 0.717) is 39.3 Å². The van der Waals surface area contributed by atoms with Crippen LogP contribution in [0.15, 0.2) is 42.7 Å². The number of aliphatic hydroxyl groups excluding tert-OH is 1. The highest BCUT2D eigenvalue weighted by Crippen LogP contribution is 2.32. The van der Waals surface area contributed by atoms with Gasteiger partial charge >= 0.3 is 6.18 Å². The van der Waals surface area contributed by atoms with Crippen molar-refractivity contribution >= 4 is 5.91 Å². The smallest absolute Gasteiger partial charge is 0.390 e. The highest BCUT2D eigenvalue weighted by molar-refractivity contribution is 5.96. The zero-order valence-electron chi connectivity index (χ0n) is 14.6. The summed E-state index contributed by atoms with van der Waals surface area (Å²) in [5.74, 6) is -0.611. The fourth-order valence-electron chi connectivity index (χ4n) is 3.20. The van der Waals surface area contributed by atoms with Crippen LogP contribution in [0.4, 0.5) is 13.2 Å². The Labute approximate surface area is 154 Å². The number of hydrogen-bond acceptors (Lipinski definition) is 4. The van der Waals surface area contributed by atoms with Crippen LogP contribution >= 0.6 is 0 Å². The van der Waals surface area contributed by atoms with Gasteiger partial charge in [-0.3, -0.25) is 14.4 Å². The van der Waals surface area contributed by atoms with Gasteiger partial charge in [-0.2, -0.15) is 18.3 Å². The molecule has 1 N–H and O–H groups in total. The van der Waals surface area contributed by atoms with Gasteiger partial charge in [0.15, 0.2) is 0 Å². The second kappa shape index (κ2) is 8.10. The maximum atomic E-state index is 13.1. The quantitative estimate of drug-likeness (QED) is 0.856. The molecule has 1 fully saturated rings. The highest BCUT2D eigenvalue weighted by atomic mass is 19.4. The number of β-amino-alcohol motifs (C(OH)–C–C–N with tert-alkyl or cyclic N) is 1. The molecule has 2 heterocycles. The summed E-state index contributed by atoms with van der Waals surface area (Å²) in [5.41, 5.74) is -1.23. The van der Waals surface area contributed by atoms with Crippen molar-refractivity contribution in [2.45, 2.75) is 18.8 Å². The van der Waals surface area contributed by atoms with Crippen LogP contribution in [-0.2, 0) is 12.7 Å². The number of alkyl halides is 3. The number of aliphatic hydroxyl groups is 1. The van der Waals surface area contributed by atoms with E-state index in [4.69, 9.17) is 0 Å². The molecule has 9 heteroatoms. The Morgan fingerprint density at radius 3 is 2.44 bits per heavy atom. The molecule has 1 aromatic heterocycles. The molecule has 3 rings (SSSR count). The van der Waals surface area contributed by atoms with E-state index in [0.717, 1.165) is 6.07 Å². The molecular weight excluding hydrogens is 361 g/mol. The number of halogens is 3. The van der Waals surface area contributed by atoms with Crippen molar-refractivity contribution in [3.8, 4) is 0 Å². The molecule has 0 radical (unpaired) electrons. The number of rotatable bonds is 5. The fourth-order valence-corrected chi connectivity index (χ4v) is 3.20. The van der Waals surface area contributed by atoms with Crippen molar-refractivity contribution < 1.29 is 23.1 Å². The number of hydrogen-bond donors (Lipinski definition) is 1. The number of nitrogens with zero attached hydrogens (tertiary/aromatic N) is 4. The Bertz CT molecular complexity index is 756. The monoisotopic (exact) mass is 382 g/mol. The normalized spacial score (nSPS) is 17.1. The van der Waals surface area contributed by atoms with E-state index in [-0.39, 0.29) is 5.56 Å². The fraction of sp³-hybridized carbons (Fsp3) is 0.444. The van der Waals surface area contributed by atoms with Gasteiger partial charge in [0.2, 0.25) is 0 Å². The van der Waals surface area contributed by atoms with E-state index < -0.39 is 23.8 Å². The Hall–Kier alpha value is -2.39. The van der Waals surface area contributed by atoms with Gasteiger partial charge in [-0.15, -0.1) is 0 Å². The lowest BCUT2D eigenvalue weighted by Crippen LogP contribution is -2.51. The summed E-state index contributed by atoms with van der Waals surface area (Å²) in [7, 11) is 0. The van der Waals surface area contributed by atoms with E-state index >= 15 is 0 Å². The van der Waals surface area contributed by atoms with E-state index in [1.165, 1.54) is 23.1 Å². The third-order valence-corrected chi connectivity index (χ3v) is 4.55. The SMILES string of the molecule is O=C(c1ccccc1C(F)(F)F)N1CCN(C[C@@H](O)Cn2cccn2)CC1. The number of amides is 1. The van der Waals surface area contributed by atoms with Crippen LogP contribution in [0.5, 0.6) is 0 Å². The predicted molar refractivity (Wildman–Crippen MR) is 92.0 cm³/mol. The minimum Gasteiger partial charge on any atom is -0.390 e. The lowest BCUT2D eigenvalue weighted by Gasteiger charge is -2.36. The number of carbonyl (C=O) groups excluding carboxylic acids is 1. The minimum absolute atomic E-state index is 0.319. The summed E-state index contributed by atoms with van der Waals surface area (Å²) < 4.78 is 41.0. The summed E-state index contributed by atoms with van der Waals surface area (Å²) >= 11 is 0. The van der Waals surface area contributed by atoms with Gasteiger partial charge in [0.25, 0.3) is 5.91 Å². The van der Waals surface area contributed by atoms with Crippen molar-refractivity contribution in [2.75, 3.05) is 32.7 Å². The summed E-state index contributed by atoms with van der Waals surface area (Å²) in [4.78, 5) is 16.0. The van der Waals surface area contributed by atoms with Crippen LogP contribution in [0, 0.1) is 0 Å². The van der Waals surface area contributed by atoms with Crippen molar-refractivity contribution in [3.05, 3.63) is 53.9 Å². The van der Waals surface area contributed by atoms with Crippen molar-refractivity contribution in [2.24, 2.45) is 0 Å². The van der Waals surface area contributed by atoms with Crippen LogP contribution in [0.25, 0.3) is 0 Å². The first-order chi connectivity index (χ1) is 12.8. The Morgan fingerprint density at radius 2 is 1.81 bits per heavy atom. The largest absolute Gasteiger partial charge is 0.417 e. The van der Waals surface area contributed by atoms with Gasteiger partial charge in [-0.25, -0.2) is 0 Å². The molecule has 1 amide bonds. The third-order valence-electron chi connectivity index (χ3n) is 4.55. The highest BCUT2D eigenvalue weighted by Gasteiger charge is 2.36. The standard InChI is InChI=1S/C18H21F3N4O2/c19-18(20,21)16-5-2-1-4-15(16)17(27)24-10-8-23(9-11-24)12-14(26)13-25-7-3-6-22-25/h1-7,14,26H,8-13H2/t14-/m1/s1. The molecule has 1 atom stereocenters. The molecule has 1 aliphatic rings. The molecular formula is C18H21F3N4O2. The summed E-state index contributed by atoms with van der Waals surface area (Å²) in [5, 5.41) is 14.2. The Morgan fingerprint density at radius 1 is 1.11 bits per heavy atom.